The van der Waals surface area contributed by atoms with Crippen molar-refractivity contribution < 1.29 is 5.11 Å². The maximum absolute atomic E-state index is 9.71. The first kappa shape index (κ1) is 12.9. The van der Waals surface area contributed by atoms with Gasteiger partial charge < -0.3 is 15.3 Å². The molecule has 2 unspecified atom stereocenters. The average Bonchev–Trinajstić information content (AvgIpc) is 2.39. The third kappa shape index (κ3) is 4.96. The smallest absolute Gasteiger partial charge is 0.0687 e. The van der Waals surface area contributed by atoms with Gasteiger partial charge in [0.25, 0.3) is 0 Å². The van der Waals surface area contributed by atoms with Crippen molar-refractivity contribution in [2.45, 2.75) is 45.3 Å². The van der Waals surface area contributed by atoms with E-state index in [1.165, 1.54) is 32.4 Å². The van der Waals surface area contributed by atoms with Crippen LogP contribution in [0, 0.1) is 5.92 Å². The lowest BCUT2D eigenvalue weighted by molar-refractivity contribution is 0.119. The van der Waals surface area contributed by atoms with Gasteiger partial charge in [-0.3, -0.25) is 0 Å². The largest absolute Gasteiger partial charge is 0.392 e. The normalized spacial score (nSPS) is 26.6. The van der Waals surface area contributed by atoms with E-state index >= 15 is 0 Å². The zero-order valence-electron chi connectivity index (χ0n) is 10.4. The highest BCUT2D eigenvalue weighted by Crippen LogP contribution is 2.10. The van der Waals surface area contributed by atoms with Gasteiger partial charge in [0.1, 0.15) is 0 Å². The minimum Gasteiger partial charge on any atom is -0.392 e. The van der Waals surface area contributed by atoms with E-state index in [4.69, 9.17) is 0 Å². The van der Waals surface area contributed by atoms with Gasteiger partial charge in [0.05, 0.1) is 6.10 Å². The van der Waals surface area contributed by atoms with E-state index in [2.05, 4.69) is 31.1 Å². The fourth-order valence-corrected chi connectivity index (χ4v) is 1.97. The molecular weight excluding hydrogens is 188 g/mol. The van der Waals surface area contributed by atoms with E-state index < -0.39 is 0 Å². The molecule has 3 nitrogen and oxygen atoms in total. The number of nitrogens with zero attached hydrogens (tertiary/aromatic N) is 1. The molecule has 2 atom stereocenters. The third-order valence-corrected chi connectivity index (χ3v) is 3.34. The quantitative estimate of drug-likeness (QED) is 0.735. The van der Waals surface area contributed by atoms with Gasteiger partial charge in [-0.15, -0.1) is 0 Å². The Bertz CT molecular complexity index is 173. The molecule has 15 heavy (non-hydrogen) atoms. The van der Waals surface area contributed by atoms with Crippen LogP contribution in [0.2, 0.25) is 0 Å². The van der Waals surface area contributed by atoms with Crippen LogP contribution in [0.4, 0.5) is 0 Å². The van der Waals surface area contributed by atoms with Gasteiger partial charge in [-0.05, 0) is 45.3 Å². The third-order valence-electron chi connectivity index (χ3n) is 3.34. The molecule has 1 rings (SSSR count). The number of nitrogens with one attached hydrogen (secondary N) is 1. The predicted octanol–water partition coefficient (Wildman–Crippen LogP) is 1.08. The molecule has 2 N–H and O–H groups in total. The molecular formula is C12H26N2O. The van der Waals surface area contributed by atoms with Crippen molar-refractivity contribution in [1.29, 1.82) is 0 Å². The van der Waals surface area contributed by atoms with Gasteiger partial charge in [-0.1, -0.05) is 13.8 Å². The van der Waals surface area contributed by atoms with Crippen LogP contribution in [-0.4, -0.2) is 48.8 Å². The molecule has 0 aromatic rings. The minimum atomic E-state index is -0.203. The van der Waals surface area contributed by atoms with E-state index in [1.54, 1.807) is 0 Å². The second-order valence-corrected chi connectivity index (χ2v) is 5.15. The summed E-state index contributed by atoms with van der Waals surface area (Å²) in [6.07, 6.45) is 3.52. The number of aliphatic hydroxyl groups excluding tert-OH is 1. The minimum absolute atomic E-state index is 0.203. The van der Waals surface area contributed by atoms with Gasteiger partial charge in [-0.2, -0.15) is 0 Å². The van der Waals surface area contributed by atoms with E-state index in [1.807, 2.05) is 0 Å². The van der Waals surface area contributed by atoms with E-state index in [0.717, 1.165) is 6.54 Å². The molecule has 0 amide bonds. The molecule has 0 aliphatic carbocycles. The summed E-state index contributed by atoms with van der Waals surface area (Å²) in [6.45, 7) is 7.26. The molecule has 0 saturated carbocycles. The molecule has 0 radical (unpaired) electrons. The van der Waals surface area contributed by atoms with E-state index in [0.29, 0.717) is 12.0 Å². The summed E-state index contributed by atoms with van der Waals surface area (Å²) in [4.78, 5) is 2.39. The molecule has 0 aromatic carbocycles. The summed E-state index contributed by atoms with van der Waals surface area (Å²) >= 11 is 0. The van der Waals surface area contributed by atoms with Crippen LogP contribution in [0.25, 0.3) is 0 Å². The predicted molar refractivity (Wildman–Crippen MR) is 64.0 cm³/mol. The van der Waals surface area contributed by atoms with Gasteiger partial charge in [0.2, 0.25) is 0 Å². The van der Waals surface area contributed by atoms with Gasteiger partial charge in [0, 0.05) is 12.6 Å². The zero-order valence-corrected chi connectivity index (χ0v) is 10.4. The maximum atomic E-state index is 9.71. The average molecular weight is 214 g/mol. The highest BCUT2D eigenvalue weighted by Gasteiger charge is 2.16. The maximum Gasteiger partial charge on any atom is 0.0687 e. The fourth-order valence-electron chi connectivity index (χ4n) is 1.97. The Labute approximate surface area is 93.9 Å². The van der Waals surface area contributed by atoms with Crippen molar-refractivity contribution in [1.82, 2.24) is 10.2 Å². The molecule has 1 fully saturated rings. The van der Waals surface area contributed by atoms with Crippen LogP contribution in [0.3, 0.4) is 0 Å². The molecule has 1 aliphatic rings. The van der Waals surface area contributed by atoms with Crippen LogP contribution in [0.15, 0.2) is 0 Å². The van der Waals surface area contributed by atoms with Crippen LogP contribution in [0.1, 0.15) is 33.1 Å². The first-order chi connectivity index (χ1) is 7.09. The standard InChI is InChI=1S/C12H26N2O/c1-10(2)12(15)9-13-11-5-4-7-14(3)8-6-11/h10-13,15H,4-9H2,1-3H3. The van der Waals surface area contributed by atoms with Crippen molar-refractivity contribution in [3.8, 4) is 0 Å². The molecule has 1 heterocycles. The molecule has 1 saturated heterocycles. The van der Waals surface area contributed by atoms with Crippen LogP contribution >= 0.6 is 0 Å². The summed E-state index contributed by atoms with van der Waals surface area (Å²) in [5, 5.41) is 13.2. The SMILES string of the molecule is CC(C)C(O)CNC1CCCN(C)CC1. The Hall–Kier alpha value is -0.120. The Morgan fingerprint density at radius 1 is 1.33 bits per heavy atom. The molecule has 90 valence electrons. The Morgan fingerprint density at radius 3 is 2.73 bits per heavy atom. The monoisotopic (exact) mass is 214 g/mol. The molecule has 0 spiro atoms. The lowest BCUT2D eigenvalue weighted by Gasteiger charge is -2.21. The van der Waals surface area contributed by atoms with Crippen molar-refractivity contribution in [3.63, 3.8) is 0 Å². The van der Waals surface area contributed by atoms with Gasteiger partial charge >= 0.3 is 0 Å². The van der Waals surface area contributed by atoms with Crippen LogP contribution in [-0.2, 0) is 0 Å². The molecule has 0 aromatic heterocycles. The summed E-state index contributed by atoms with van der Waals surface area (Å²) in [5.74, 6) is 0.353. The van der Waals surface area contributed by atoms with Crippen LogP contribution in [0.5, 0.6) is 0 Å². The van der Waals surface area contributed by atoms with Crippen molar-refractivity contribution in [2.75, 3.05) is 26.7 Å². The number of aliphatic hydroxyl groups is 1. The summed E-state index contributed by atoms with van der Waals surface area (Å²) in [5.41, 5.74) is 0. The first-order valence-electron chi connectivity index (χ1n) is 6.19. The second kappa shape index (κ2) is 6.46. The molecule has 3 heteroatoms. The van der Waals surface area contributed by atoms with Crippen molar-refractivity contribution in [2.24, 2.45) is 5.92 Å². The lowest BCUT2D eigenvalue weighted by atomic mass is 10.1. The Kier molecular flexibility index (Phi) is 5.58. The lowest BCUT2D eigenvalue weighted by Crippen LogP contribution is -2.38. The number of likely N-dealkylation sites (tertiary alicyclic amines) is 1. The zero-order chi connectivity index (χ0) is 11.3. The Morgan fingerprint density at radius 2 is 2.07 bits per heavy atom. The number of hydrogen-bond acceptors (Lipinski definition) is 3. The van der Waals surface area contributed by atoms with Crippen molar-refractivity contribution >= 4 is 0 Å². The molecule has 0 bridgehead atoms. The number of rotatable bonds is 4. The van der Waals surface area contributed by atoms with Gasteiger partial charge in [0.15, 0.2) is 0 Å². The van der Waals surface area contributed by atoms with E-state index in [-0.39, 0.29) is 6.10 Å². The first-order valence-corrected chi connectivity index (χ1v) is 6.19. The fraction of sp³-hybridized carbons (Fsp3) is 1.00. The second-order valence-electron chi connectivity index (χ2n) is 5.15. The van der Waals surface area contributed by atoms with E-state index in [9.17, 15) is 5.11 Å². The summed E-state index contributed by atoms with van der Waals surface area (Å²) < 4.78 is 0. The van der Waals surface area contributed by atoms with Crippen molar-refractivity contribution in [3.05, 3.63) is 0 Å². The molecule has 1 aliphatic heterocycles. The van der Waals surface area contributed by atoms with Crippen LogP contribution < -0.4 is 5.32 Å². The van der Waals surface area contributed by atoms with Gasteiger partial charge in [-0.25, -0.2) is 0 Å². The summed E-state index contributed by atoms with van der Waals surface area (Å²) in [7, 11) is 2.19. The topological polar surface area (TPSA) is 35.5 Å². The Balaban J connectivity index is 2.20. The number of hydrogen-bond donors (Lipinski definition) is 2. The highest BCUT2D eigenvalue weighted by atomic mass is 16.3. The highest BCUT2D eigenvalue weighted by molar-refractivity contribution is 4.75. The summed E-state index contributed by atoms with van der Waals surface area (Å²) in [6, 6.07) is 0.600.